The average molecular weight is 397 g/mol. The van der Waals surface area contributed by atoms with Gasteiger partial charge in [0, 0.05) is 45.5 Å². The Bertz CT molecular complexity index is 797. The molecule has 0 spiro atoms. The van der Waals surface area contributed by atoms with Gasteiger partial charge in [0.25, 0.3) is 5.91 Å². The summed E-state index contributed by atoms with van der Waals surface area (Å²) in [6.45, 7) is 9.26. The Labute approximate surface area is 174 Å². The van der Waals surface area contributed by atoms with Gasteiger partial charge in [-0.1, -0.05) is 26.0 Å². The highest BCUT2D eigenvalue weighted by Gasteiger charge is 2.24. The van der Waals surface area contributed by atoms with Crippen molar-refractivity contribution in [3.05, 3.63) is 48.3 Å². The van der Waals surface area contributed by atoms with Crippen molar-refractivity contribution in [1.82, 2.24) is 9.88 Å². The number of carbonyl (C=O) groups is 1. The Morgan fingerprint density at radius 2 is 1.76 bits per heavy atom. The molecule has 0 N–H and O–H groups in total. The zero-order chi connectivity index (χ0) is 20.6. The van der Waals surface area contributed by atoms with Crippen molar-refractivity contribution in [2.45, 2.75) is 26.7 Å². The summed E-state index contributed by atoms with van der Waals surface area (Å²) in [5.41, 5.74) is 2.79. The SMILES string of the molecule is CCCN(CCC)c1cncc(C(=O)N2CCN(c3ccccc3OC)CC2)c1. The van der Waals surface area contributed by atoms with Gasteiger partial charge in [-0.2, -0.15) is 0 Å². The van der Waals surface area contributed by atoms with Gasteiger partial charge >= 0.3 is 0 Å². The van der Waals surface area contributed by atoms with Gasteiger partial charge in [0.2, 0.25) is 0 Å². The van der Waals surface area contributed by atoms with Crippen LogP contribution in [0, 0.1) is 0 Å². The van der Waals surface area contributed by atoms with E-state index in [1.165, 1.54) is 0 Å². The number of benzene rings is 1. The highest BCUT2D eigenvalue weighted by atomic mass is 16.5. The molecule has 1 amide bonds. The molecule has 2 aromatic rings. The van der Waals surface area contributed by atoms with E-state index in [1.54, 1.807) is 13.3 Å². The second-order valence-electron chi connectivity index (χ2n) is 7.37. The predicted octanol–water partition coefficient (Wildman–Crippen LogP) is 3.68. The molecule has 1 aliphatic rings. The van der Waals surface area contributed by atoms with Crippen LogP contribution in [0.5, 0.6) is 5.75 Å². The normalized spacial score (nSPS) is 14.0. The first-order valence-corrected chi connectivity index (χ1v) is 10.5. The summed E-state index contributed by atoms with van der Waals surface area (Å²) < 4.78 is 5.48. The lowest BCUT2D eigenvalue weighted by Crippen LogP contribution is -2.49. The highest BCUT2D eigenvalue weighted by Crippen LogP contribution is 2.28. The van der Waals surface area contributed by atoms with E-state index in [0.717, 1.165) is 56.1 Å². The Morgan fingerprint density at radius 1 is 1.07 bits per heavy atom. The first-order valence-electron chi connectivity index (χ1n) is 10.5. The van der Waals surface area contributed by atoms with Crippen LogP contribution in [0.2, 0.25) is 0 Å². The molecular weight excluding hydrogens is 364 g/mol. The molecule has 6 heteroatoms. The summed E-state index contributed by atoms with van der Waals surface area (Å²) in [7, 11) is 1.69. The Kier molecular flexibility index (Phi) is 7.33. The maximum absolute atomic E-state index is 13.1. The summed E-state index contributed by atoms with van der Waals surface area (Å²) >= 11 is 0. The molecule has 156 valence electrons. The number of anilines is 2. The number of rotatable bonds is 8. The third kappa shape index (κ3) is 5.00. The quantitative estimate of drug-likeness (QED) is 0.681. The second kappa shape index (κ2) is 10.1. The van der Waals surface area contributed by atoms with Crippen LogP contribution in [-0.4, -0.2) is 62.2 Å². The fourth-order valence-electron chi connectivity index (χ4n) is 3.85. The number of nitrogens with zero attached hydrogens (tertiary/aromatic N) is 4. The van der Waals surface area contributed by atoms with Gasteiger partial charge in [0.05, 0.1) is 30.2 Å². The largest absolute Gasteiger partial charge is 0.495 e. The average Bonchev–Trinajstić information content (AvgIpc) is 2.78. The first-order chi connectivity index (χ1) is 14.2. The molecule has 2 heterocycles. The standard InChI is InChI=1S/C23H32N4O2/c1-4-10-25(11-5-2)20-16-19(17-24-18-20)23(28)27-14-12-26(13-15-27)21-8-6-7-9-22(21)29-3/h6-9,16-18H,4-5,10-15H2,1-3H3. The lowest BCUT2D eigenvalue weighted by molar-refractivity contribution is 0.0746. The summed E-state index contributed by atoms with van der Waals surface area (Å²) in [6.07, 6.45) is 5.70. The van der Waals surface area contributed by atoms with E-state index in [-0.39, 0.29) is 5.91 Å². The first kappa shape index (κ1) is 21.0. The number of hydrogen-bond donors (Lipinski definition) is 0. The third-order valence-corrected chi connectivity index (χ3v) is 5.32. The van der Waals surface area contributed by atoms with Crippen LogP contribution in [0.3, 0.4) is 0 Å². The molecule has 6 nitrogen and oxygen atoms in total. The van der Waals surface area contributed by atoms with Crippen molar-refractivity contribution in [3.63, 3.8) is 0 Å². The molecule has 1 saturated heterocycles. The number of carbonyl (C=O) groups excluding carboxylic acids is 1. The van der Waals surface area contributed by atoms with Gasteiger partial charge in [0.1, 0.15) is 5.75 Å². The van der Waals surface area contributed by atoms with Gasteiger partial charge in [-0.15, -0.1) is 0 Å². The summed E-state index contributed by atoms with van der Waals surface area (Å²) in [5.74, 6) is 0.933. The number of ether oxygens (including phenoxy) is 1. The van der Waals surface area contributed by atoms with Crippen molar-refractivity contribution >= 4 is 17.3 Å². The Hall–Kier alpha value is -2.76. The van der Waals surface area contributed by atoms with Crippen LogP contribution in [0.1, 0.15) is 37.0 Å². The number of pyridine rings is 1. The molecule has 1 fully saturated rings. The zero-order valence-electron chi connectivity index (χ0n) is 17.8. The van der Waals surface area contributed by atoms with Crippen molar-refractivity contribution in [1.29, 1.82) is 0 Å². The molecule has 1 aliphatic heterocycles. The van der Waals surface area contributed by atoms with Crippen LogP contribution in [0.15, 0.2) is 42.7 Å². The van der Waals surface area contributed by atoms with E-state index in [2.05, 4.69) is 34.7 Å². The van der Waals surface area contributed by atoms with Crippen molar-refractivity contribution in [3.8, 4) is 5.75 Å². The number of piperazine rings is 1. The lowest BCUT2D eigenvalue weighted by atomic mass is 10.2. The van der Waals surface area contributed by atoms with Gasteiger partial charge in [-0.05, 0) is 31.0 Å². The van der Waals surface area contributed by atoms with E-state index in [0.29, 0.717) is 18.7 Å². The van der Waals surface area contributed by atoms with Crippen LogP contribution in [0.25, 0.3) is 0 Å². The minimum atomic E-state index is 0.0620. The topological polar surface area (TPSA) is 48.9 Å². The molecule has 3 rings (SSSR count). The van der Waals surface area contributed by atoms with Gasteiger partial charge < -0.3 is 19.4 Å². The highest BCUT2D eigenvalue weighted by molar-refractivity contribution is 5.95. The summed E-state index contributed by atoms with van der Waals surface area (Å²) in [5, 5.41) is 0. The van der Waals surface area contributed by atoms with Crippen molar-refractivity contribution in [2.24, 2.45) is 0 Å². The van der Waals surface area contributed by atoms with E-state index < -0.39 is 0 Å². The maximum Gasteiger partial charge on any atom is 0.255 e. The Balaban J connectivity index is 1.67. The monoisotopic (exact) mass is 396 g/mol. The van der Waals surface area contributed by atoms with E-state index >= 15 is 0 Å². The number of para-hydroxylation sites is 2. The van der Waals surface area contributed by atoms with Crippen LogP contribution >= 0.6 is 0 Å². The molecule has 0 bridgehead atoms. The molecule has 0 radical (unpaired) electrons. The van der Waals surface area contributed by atoms with E-state index in [4.69, 9.17) is 4.74 Å². The molecule has 0 aliphatic carbocycles. The van der Waals surface area contributed by atoms with Crippen LogP contribution < -0.4 is 14.5 Å². The molecular formula is C23H32N4O2. The number of amides is 1. The smallest absolute Gasteiger partial charge is 0.255 e. The van der Waals surface area contributed by atoms with Gasteiger partial charge in [-0.25, -0.2) is 0 Å². The number of methoxy groups -OCH3 is 1. The maximum atomic E-state index is 13.1. The van der Waals surface area contributed by atoms with E-state index in [9.17, 15) is 4.79 Å². The molecule has 1 aromatic heterocycles. The predicted molar refractivity (Wildman–Crippen MR) is 118 cm³/mol. The van der Waals surface area contributed by atoms with Gasteiger partial charge in [-0.3, -0.25) is 9.78 Å². The lowest BCUT2D eigenvalue weighted by Gasteiger charge is -2.36. The van der Waals surface area contributed by atoms with Crippen LogP contribution in [-0.2, 0) is 0 Å². The fraction of sp³-hybridized carbons (Fsp3) is 0.478. The molecule has 0 atom stereocenters. The minimum absolute atomic E-state index is 0.0620. The molecule has 0 unspecified atom stereocenters. The summed E-state index contributed by atoms with van der Waals surface area (Å²) in [4.78, 5) is 24.0. The molecule has 1 aromatic carbocycles. The molecule has 29 heavy (non-hydrogen) atoms. The number of aromatic nitrogens is 1. The van der Waals surface area contributed by atoms with Gasteiger partial charge in [0.15, 0.2) is 0 Å². The number of hydrogen-bond acceptors (Lipinski definition) is 5. The van der Waals surface area contributed by atoms with Crippen molar-refractivity contribution in [2.75, 3.05) is 56.2 Å². The summed E-state index contributed by atoms with van der Waals surface area (Å²) in [6, 6.07) is 10.0. The molecule has 0 saturated carbocycles. The third-order valence-electron chi connectivity index (χ3n) is 5.32. The van der Waals surface area contributed by atoms with Crippen LogP contribution in [0.4, 0.5) is 11.4 Å². The fourth-order valence-corrected chi connectivity index (χ4v) is 3.85. The minimum Gasteiger partial charge on any atom is -0.495 e. The Morgan fingerprint density at radius 3 is 2.41 bits per heavy atom. The van der Waals surface area contributed by atoms with Crippen molar-refractivity contribution < 1.29 is 9.53 Å². The van der Waals surface area contributed by atoms with E-state index in [1.807, 2.05) is 35.4 Å². The zero-order valence-corrected chi connectivity index (χ0v) is 17.8. The second-order valence-corrected chi connectivity index (χ2v) is 7.37.